The molecule has 0 aliphatic rings. The highest BCUT2D eigenvalue weighted by Crippen LogP contribution is 2.28. The molecular weight excluding hydrogens is 380 g/mol. The maximum absolute atomic E-state index is 12.8. The van der Waals surface area contributed by atoms with E-state index in [1.807, 2.05) is 0 Å². The number of fused-ring (bicyclic) bond motifs is 1. The van der Waals surface area contributed by atoms with Crippen molar-refractivity contribution in [2.45, 2.75) is 13.8 Å². The van der Waals surface area contributed by atoms with E-state index in [2.05, 4.69) is 10.3 Å². The van der Waals surface area contributed by atoms with E-state index in [-0.39, 0.29) is 41.7 Å². The van der Waals surface area contributed by atoms with Gasteiger partial charge in [-0.2, -0.15) is 0 Å². The standard InChI is InChI=1S/C19H18N4O6/c1-3-28-14-9-8-12(11-13(14)23(26)27)18(24)21-17-16(19(25)29-4-2)20-15-7-5-6-10-22(15)17/h5-11H,3-4H2,1-2H3,(H,21,24). The van der Waals surface area contributed by atoms with E-state index in [0.29, 0.717) is 5.65 Å². The van der Waals surface area contributed by atoms with Gasteiger partial charge in [0.05, 0.1) is 18.1 Å². The molecule has 0 spiro atoms. The molecule has 0 aliphatic carbocycles. The van der Waals surface area contributed by atoms with Gasteiger partial charge < -0.3 is 14.8 Å². The van der Waals surface area contributed by atoms with Gasteiger partial charge in [0.15, 0.2) is 17.3 Å². The number of hydrogen-bond acceptors (Lipinski definition) is 7. The van der Waals surface area contributed by atoms with Crippen LogP contribution in [0.5, 0.6) is 5.75 Å². The first-order chi connectivity index (χ1) is 14.0. The lowest BCUT2D eigenvalue weighted by atomic mass is 10.1. The minimum Gasteiger partial charge on any atom is -0.487 e. The fourth-order valence-corrected chi connectivity index (χ4v) is 2.72. The number of pyridine rings is 1. The molecule has 29 heavy (non-hydrogen) atoms. The minimum atomic E-state index is -0.691. The minimum absolute atomic E-state index is 0.0286. The quantitative estimate of drug-likeness (QED) is 0.368. The molecule has 0 fully saturated rings. The number of rotatable bonds is 7. The molecule has 0 aliphatic heterocycles. The molecule has 10 nitrogen and oxygen atoms in total. The third-order valence-electron chi connectivity index (χ3n) is 3.95. The van der Waals surface area contributed by atoms with Crippen molar-refractivity contribution in [2.75, 3.05) is 18.5 Å². The smallest absolute Gasteiger partial charge is 0.360 e. The average Bonchev–Trinajstić information content (AvgIpc) is 3.07. The Labute approximate surface area is 165 Å². The fourth-order valence-electron chi connectivity index (χ4n) is 2.72. The molecule has 2 heterocycles. The predicted molar refractivity (Wildman–Crippen MR) is 103 cm³/mol. The highest BCUT2D eigenvalue weighted by Gasteiger charge is 2.24. The number of nitro groups is 1. The van der Waals surface area contributed by atoms with Crippen LogP contribution in [0.3, 0.4) is 0 Å². The van der Waals surface area contributed by atoms with Gasteiger partial charge in [0, 0.05) is 17.8 Å². The molecule has 0 unspecified atom stereocenters. The summed E-state index contributed by atoms with van der Waals surface area (Å²) in [5, 5.41) is 13.9. The summed E-state index contributed by atoms with van der Waals surface area (Å²) in [4.78, 5) is 39.9. The fraction of sp³-hybridized carbons (Fsp3) is 0.211. The van der Waals surface area contributed by atoms with Gasteiger partial charge in [-0.15, -0.1) is 0 Å². The summed E-state index contributed by atoms with van der Waals surface area (Å²) in [7, 11) is 0. The van der Waals surface area contributed by atoms with E-state index in [1.165, 1.54) is 16.5 Å². The van der Waals surface area contributed by atoms with Crippen LogP contribution in [0.1, 0.15) is 34.7 Å². The van der Waals surface area contributed by atoms with Gasteiger partial charge in [-0.25, -0.2) is 9.78 Å². The number of anilines is 1. The normalized spacial score (nSPS) is 10.6. The van der Waals surface area contributed by atoms with Crippen LogP contribution in [-0.2, 0) is 4.74 Å². The first-order valence-corrected chi connectivity index (χ1v) is 8.83. The number of nitro benzene ring substituents is 1. The van der Waals surface area contributed by atoms with Gasteiger partial charge in [-0.05, 0) is 38.1 Å². The second-order valence-corrected chi connectivity index (χ2v) is 5.79. The first kappa shape index (κ1) is 19.8. The Morgan fingerprint density at radius 2 is 2.00 bits per heavy atom. The van der Waals surface area contributed by atoms with Gasteiger partial charge in [-0.1, -0.05) is 6.07 Å². The molecule has 1 N–H and O–H groups in total. The molecule has 1 amide bonds. The summed E-state index contributed by atoms with van der Waals surface area (Å²) in [5.74, 6) is -1.16. The van der Waals surface area contributed by atoms with E-state index >= 15 is 0 Å². The second kappa shape index (κ2) is 8.38. The number of nitrogens with one attached hydrogen (secondary N) is 1. The molecule has 0 radical (unpaired) electrons. The predicted octanol–water partition coefficient (Wildman–Crippen LogP) is 3.07. The Kier molecular flexibility index (Phi) is 5.72. The molecule has 3 aromatic rings. The Hall–Kier alpha value is -3.95. The van der Waals surface area contributed by atoms with Gasteiger partial charge in [-0.3, -0.25) is 19.3 Å². The van der Waals surface area contributed by atoms with Crippen molar-refractivity contribution in [3.05, 3.63) is 64.0 Å². The van der Waals surface area contributed by atoms with Crippen LogP contribution in [0.4, 0.5) is 11.5 Å². The van der Waals surface area contributed by atoms with Gasteiger partial charge in [0.25, 0.3) is 5.91 Å². The van der Waals surface area contributed by atoms with Crippen LogP contribution >= 0.6 is 0 Å². The summed E-state index contributed by atoms with van der Waals surface area (Å²) in [6.07, 6.45) is 1.63. The third-order valence-corrected chi connectivity index (χ3v) is 3.95. The molecule has 150 valence electrons. The first-order valence-electron chi connectivity index (χ1n) is 8.83. The Bertz CT molecular complexity index is 1090. The molecule has 3 rings (SSSR count). The summed E-state index contributed by atoms with van der Waals surface area (Å²) >= 11 is 0. The van der Waals surface area contributed by atoms with Crippen molar-refractivity contribution < 1.29 is 24.0 Å². The lowest BCUT2D eigenvalue weighted by molar-refractivity contribution is -0.385. The maximum Gasteiger partial charge on any atom is 0.360 e. The lowest BCUT2D eigenvalue weighted by Crippen LogP contribution is -2.17. The molecular formula is C19H18N4O6. The average molecular weight is 398 g/mol. The van der Waals surface area contributed by atoms with E-state index in [1.54, 1.807) is 38.2 Å². The number of ether oxygens (including phenoxy) is 2. The van der Waals surface area contributed by atoms with Crippen molar-refractivity contribution >= 4 is 29.0 Å². The van der Waals surface area contributed by atoms with Crippen molar-refractivity contribution in [3.8, 4) is 5.75 Å². The largest absolute Gasteiger partial charge is 0.487 e. The van der Waals surface area contributed by atoms with Crippen LogP contribution in [-0.4, -0.2) is 39.4 Å². The van der Waals surface area contributed by atoms with Crippen molar-refractivity contribution in [1.29, 1.82) is 0 Å². The topological polar surface area (TPSA) is 125 Å². The highest BCUT2D eigenvalue weighted by molar-refractivity contribution is 6.07. The lowest BCUT2D eigenvalue weighted by Gasteiger charge is -2.09. The molecule has 0 saturated carbocycles. The Morgan fingerprint density at radius 3 is 2.69 bits per heavy atom. The number of amides is 1. The van der Waals surface area contributed by atoms with Crippen LogP contribution in [0.25, 0.3) is 5.65 Å². The van der Waals surface area contributed by atoms with Crippen LogP contribution in [0.15, 0.2) is 42.6 Å². The van der Waals surface area contributed by atoms with E-state index < -0.39 is 16.8 Å². The zero-order valence-electron chi connectivity index (χ0n) is 15.7. The number of hydrogen-bond donors (Lipinski definition) is 1. The number of benzene rings is 1. The van der Waals surface area contributed by atoms with Crippen LogP contribution < -0.4 is 10.1 Å². The Morgan fingerprint density at radius 1 is 1.21 bits per heavy atom. The van der Waals surface area contributed by atoms with E-state index in [4.69, 9.17) is 9.47 Å². The Balaban J connectivity index is 2.00. The monoisotopic (exact) mass is 398 g/mol. The number of nitrogens with zero attached hydrogens (tertiary/aromatic N) is 3. The third kappa shape index (κ3) is 4.00. The van der Waals surface area contributed by atoms with Crippen LogP contribution in [0, 0.1) is 10.1 Å². The summed E-state index contributed by atoms with van der Waals surface area (Å²) < 4.78 is 11.8. The number of esters is 1. The van der Waals surface area contributed by atoms with Gasteiger partial charge in [0.1, 0.15) is 5.65 Å². The summed E-state index contributed by atoms with van der Waals surface area (Å²) in [5.41, 5.74) is 0.0689. The maximum atomic E-state index is 12.8. The highest BCUT2D eigenvalue weighted by atomic mass is 16.6. The summed E-state index contributed by atoms with van der Waals surface area (Å²) in [6.45, 7) is 3.75. The number of carbonyl (C=O) groups is 2. The molecule has 10 heteroatoms. The van der Waals surface area contributed by atoms with E-state index in [0.717, 1.165) is 6.07 Å². The molecule has 2 aromatic heterocycles. The summed E-state index contributed by atoms with van der Waals surface area (Å²) in [6, 6.07) is 8.99. The zero-order valence-corrected chi connectivity index (χ0v) is 15.7. The van der Waals surface area contributed by atoms with Crippen molar-refractivity contribution in [1.82, 2.24) is 9.38 Å². The zero-order chi connectivity index (χ0) is 21.0. The second-order valence-electron chi connectivity index (χ2n) is 5.79. The van der Waals surface area contributed by atoms with Gasteiger partial charge in [0.2, 0.25) is 0 Å². The number of aromatic nitrogens is 2. The van der Waals surface area contributed by atoms with E-state index in [9.17, 15) is 19.7 Å². The van der Waals surface area contributed by atoms with Crippen molar-refractivity contribution in [3.63, 3.8) is 0 Å². The van der Waals surface area contributed by atoms with Crippen molar-refractivity contribution in [2.24, 2.45) is 0 Å². The molecule has 0 saturated heterocycles. The van der Waals surface area contributed by atoms with Crippen LogP contribution in [0.2, 0.25) is 0 Å². The SMILES string of the molecule is CCOC(=O)c1nc2ccccn2c1NC(=O)c1ccc(OCC)c([N+](=O)[O-])c1. The molecule has 0 bridgehead atoms. The molecule has 0 atom stereocenters. The number of carbonyl (C=O) groups excluding carboxylic acids is 2. The van der Waals surface area contributed by atoms with Gasteiger partial charge >= 0.3 is 11.7 Å². The number of imidazole rings is 1. The molecule has 1 aromatic carbocycles.